The minimum absolute atomic E-state index is 0.0589. The zero-order valence-corrected chi connectivity index (χ0v) is 16.6. The number of piperidine rings is 1. The van der Waals surface area contributed by atoms with E-state index >= 15 is 0 Å². The Bertz CT molecular complexity index is 771. The maximum Gasteiger partial charge on any atom is 0.227 e. The average Bonchev–Trinajstić information content (AvgIpc) is 3.04. The second-order valence-electron chi connectivity index (χ2n) is 7.87. The molecule has 0 unspecified atom stereocenters. The van der Waals surface area contributed by atoms with Gasteiger partial charge in [0.1, 0.15) is 0 Å². The van der Waals surface area contributed by atoms with Crippen molar-refractivity contribution in [3.05, 3.63) is 0 Å². The number of rotatable bonds is 3. The first-order valence-electron chi connectivity index (χ1n) is 8.57. The summed E-state index contributed by atoms with van der Waals surface area (Å²) in [6, 6.07) is 0. The second kappa shape index (κ2) is 5.90. The van der Waals surface area contributed by atoms with Crippen molar-refractivity contribution in [1.82, 2.24) is 13.9 Å². The molecule has 2 saturated heterocycles. The van der Waals surface area contributed by atoms with E-state index in [2.05, 4.69) is 5.32 Å². The molecular weight excluding hydrogens is 366 g/mol. The van der Waals surface area contributed by atoms with Crippen LogP contribution in [0.15, 0.2) is 0 Å². The largest absolute Gasteiger partial charge is 0.359 e. The molecule has 3 rings (SSSR count). The Kier molecular flexibility index (Phi) is 4.50. The fourth-order valence-corrected chi connectivity index (χ4v) is 6.98. The summed E-state index contributed by atoms with van der Waals surface area (Å²) < 4.78 is 50.7. The number of nitrogens with zero attached hydrogens (tertiary/aromatic N) is 2. The first-order valence-corrected chi connectivity index (χ1v) is 12.3. The second-order valence-corrected chi connectivity index (χ2v) is 11.8. The standard InChI is InChI=1S/C15H27N3O5S2/c1-16-13(19)15-5-4-14(6-8-17(9-7-14)24(2,20)21)12(15)10-18(11-15)25(3,22)23/h12H,4-11H2,1-3H3,(H,16,19)/t12-,15+/m1/s1. The molecule has 0 aromatic rings. The molecule has 2 atom stereocenters. The third-order valence-electron chi connectivity index (χ3n) is 6.66. The van der Waals surface area contributed by atoms with E-state index in [0.29, 0.717) is 38.9 Å². The molecule has 0 aromatic heterocycles. The van der Waals surface area contributed by atoms with Gasteiger partial charge in [0.2, 0.25) is 26.0 Å². The summed E-state index contributed by atoms with van der Waals surface area (Å²) in [5, 5.41) is 2.73. The van der Waals surface area contributed by atoms with Crippen molar-refractivity contribution in [2.24, 2.45) is 16.7 Å². The van der Waals surface area contributed by atoms with Gasteiger partial charge in [-0.1, -0.05) is 0 Å². The Labute approximate surface area is 150 Å². The molecule has 0 aromatic carbocycles. The number of amides is 1. The van der Waals surface area contributed by atoms with Crippen LogP contribution in [-0.2, 0) is 24.8 Å². The highest BCUT2D eigenvalue weighted by Gasteiger charge is 2.65. The Morgan fingerprint density at radius 1 is 0.960 bits per heavy atom. The molecule has 2 aliphatic heterocycles. The van der Waals surface area contributed by atoms with Crippen LogP contribution in [0.25, 0.3) is 0 Å². The Balaban J connectivity index is 1.91. The summed E-state index contributed by atoms with van der Waals surface area (Å²) in [6.45, 7) is 1.47. The van der Waals surface area contributed by atoms with E-state index in [4.69, 9.17) is 0 Å². The van der Waals surface area contributed by atoms with Crippen LogP contribution >= 0.6 is 0 Å². The van der Waals surface area contributed by atoms with Crippen molar-refractivity contribution in [2.75, 3.05) is 45.7 Å². The average molecular weight is 394 g/mol. The van der Waals surface area contributed by atoms with E-state index in [0.717, 1.165) is 6.42 Å². The van der Waals surface area contributed by atoms with E-state index < -0.39 is 25.5 Å². The molecule has 8 nitrogen and oxygen atoms in total. The lowest BCUT2D eigenvalue weighted by Gasteiger charge is -2.43. The number of carbonyl (C=O) groups is 1. The molecule has 25 heavy (non-hydrogen) atoms. The monoisotopic (exact) mass is 393 g/mol. The van der Waals surface area contributed by atoms with Gasteiger partial charge in [-0.2, -0.15) is 0 Å². The number of sulfonamides is 2. The predicted octanol–water partition coefficient (Wildman–Crippen LogP) is -0.554. The molecule has 0 bridgehead atoms. The highest BCUT2D eigenvalue weighted by molar-refractivity contribution is 7.88. The van der Waals surface area contributed by atoms with Crippen LogP contribution in [-0.4, -0.2) is 77.1 Å². The zero-order chi connectivity index (χ0) is 18.7. The lowest BCUT2D eigenvalue weighted by atomic mass is 9.66. The summed E-state index contributed by atoms with van der Waals surface area (Å²) in [4.78, 5) is 12.7. The molecule has 3 fully saturated rings. The van der Waals surface area contributed by atoms with Crippen molar-refractivity contribution in [2.45, 2.75) is 25.7 Å². The van der Waals surface area contributed by atoms with Gasteiger partial charge in [-0.3, -0.25) is 4.79 Å². The first-order chi connectivity index (χ1) is 11.4. The van der Waals surface area contributed by atoms with Crippen LogP contribution in [0, 0.1) is 16.7 Å². The van der Waals surface area contributed by atoms with E-state index in [1.807, 2.05) is 0 Å². The van der Waals surface area contributed by atoms with Gasteiger partial charge < -0.3 is 5.32 Å². The highest BCUT2D eigenvalue weighted by Crippen LogP contribution is 2.62. The topological polar surface area (TPSA) is 104 Å². The number of carbonyl (C=O) groups excluding carboxylic acids is 1. The van der Waals surface area contributed by atoms with Crippen molar-refractivity contribution in [3.8, 4) is 0 Å². The molecule has 1 aliphatic carbocycles. The Morgan fingerprint density at radius 2 is 1.52 bits per heavy atom. The first kappa shape index (κ1) is 19.1. The summed E-state index contributed by atoms with van der Waals surface area (Å²) >= 11 is 0. The molecule has 1 N–H and O–H groups in total. The lowest BCUT2D eigenvalue weighted by molar-refractivity contribution is -0.132. The van der Waals surface area contributed by atoms with Crippen molar-refractivity contribution in [1.29, 1.82) is 0 Å². The third-order valence-corrected chi connectivity index (χ3v) is 9.17. The van der Waals surface area contributed by atoms with Crippen LogP contribution in [0.2, 0.25) is 0 Å². The van der Waals surface area contributed by atoms with Gasteiger partial charge in [-0.15, -0.1) is 0 Å². The summed E-state index contributed by atoms with van der Waals surface area (Å²) in [6.07, 6.45) is 5.27. The Morgan fingerprint density at radius 3 is 2.00 bits per heavy atom. The number of hydrogen-bond donors (Lipinski definition) is 1. The molecule has 1 spiro atoms. The number of fused-ring (bicyclic) bond motifs is 2. The molecule has 144 valence electrons. The number of nitrogens with one attached hydrogen (secondary N) is 1. The van der Waals surface area contributed by atoms with Gasteiger partial charge in [0.25, 0.3) is 0 Å². The normalized spacial score (nSPS) is 33.5. The van der Waals surface area contributed by atoms with E-state index in [1.165, 1.54) is 21.1 Å². The summed E-state index contributed by atoms with van der Waals surface area (Å²) in [5.41, 5.74) is -0.849. The van der Waals surface area contributed by atoms with Crippen LogP contribution in [0.3, 0.4) is 0 Å². The molecule has 2 heterocycles. The van der Waals surface area contributed by atoms with Crippen LogP contribution in [0.4, 0.5) is 0 Å². The number of hydrogen-bond acceptors (Lipinski definition) is 5. The SMILES string of the molecule is CNC(=O)[C@]12CCC3(CCN(S(C)(=O)=O)CC3)[C@H]1CN(S(C)(=O)=O)C2. The maximum absolute atomic E-state index is 12.7. The predicted molar refractivity (Wildman–Crippen MR) is 93.7 cm³/mol. The molecule has 1 amide bonds. The van der Waals surface area contributed by atoms with Gasteiger partial charge >= 0.3 is 0 Å². The fraction of sp³-hybridized carbons (Fsp3) is 0.933. The van der Waals surface area contributed by atoms with Crippen molar-refractivity contribution < 1.29 is 21.6 Å². The van der Waals surface area contributed by atoms with Crippen LogP contribution in [0.5, 0.6) is 0 Å². The zero-order valence-electron chi connectivity index (χ0n) is 15.0. The molecule has 10 heteroatoms. The molecule has 1 saturated carbocycles. The maximum atomic E-state index is 12.7. The van der Waals surface area contributed by atoms with Gasteiger partial charge in [0, 0.05) is 33.2 Å². The quantitative estimate of drug-likeness (QED) is 0.693. The van der Waals surface area contributed by atoms with Crippen LogP contribution < -0.4 is 5.32 Å². The molecular formula is C15H27N3O5S2. The van der Waals surface area contributed by atoms with Gasteiger partial charge in [0.15, 0.2) is 0 Å². The summed E-state index contributed by atoms with van der Waals surface area (Å²) in [7, 11) is -4.99. The Hall–Kier alpha value is -0.710. The minimum Gasteiger partial charge on any atom is -0.359 e. The van der Waals surface area contributed by atoms with Gasteiger partial charge in [-0.05, 0) is 37.0 Å². The van der Waals surface area contributed by atoms with Crippen LogP contribution in [0.1, 0.15) is 25.7 Å². The highest BCUT2D eigenvalue weighted by atomic mass is 32.2. The third kappa shape index (κ3) is 3.00. The van der Waals surface area contributed by atoms with E-state index in [1.54, 1.807) is 7.05 Å². The molecule has 3 aliphatic rings. The van der Waals surface area contributed by atoms with E-state index in [-0.39, 0.29) is 23.8 Å². The lowest BCUT2D eigenvalue weighted by Crippen LogP contribution is -2.49. The van der Waals surface area contributed by atoms with Gasteiger partial charge in [-0.25, -0.2) is 25.4 Å². The van der Waals surface area contributed by atoms with Crippen molar-refractivity contribution in [3.63, 3.8) is 0 Å². The van der Waals surface area contributed by atoms with E-state index in [9.17, 15) is 21.6 Å². The summed E-state index contributed by atoms with van der Waals surface area (Å²) in [5.74, 6) is -0.151. The van der Waals surface area contributed by atoms with Gasteiger partial charge in [0.05, 0.1) is 17.9 Å². The molecule has 0 radical (unpaired) electrons. The smallest absolute Gasteiger partial charge is 0.227 e. The minimum atomic E-state index is -3.37. The fourth-order valence-electron chi connectivity index (χ4n) is 5.25. The van der Waals surface area contributed by atoms with Crippen molar-refractivity contribution >= 4 is 26.0 Å².